The second-order valence-electron chi connectivity index (χ2n) is 4.90. The zero-order valence-electron chi connectivity index (χ0n) is 14.0. The molecule has 0 amide bonds. The normalized spacial score (nSPS) is 13.4. The first-order valence-corrected chi connectivity index (χ1v) is 8.17. The van der Waals surface area contributed by atoms with E-state index in [-0.39, 0.29) is 0 Å². The number of carboxylic acids is 1. The molecule has 0 aromatic rings. The molecular weight excluding hydrogens is 284 g/mol. The van der Waals surface area contributed by atoms with Crippen LogP contribution in [0.5, 0.6) is 0 Å². The Morgan fingerprint density at radius 3 is 1.65 bits per heavy atom. The zero-order valence-corrected chi connectivity index (χ0v) is 14.0. The van der Waals surface area contributed by atoms with Crippen LogP contribution in [0.3, 0.4) is 0 Å². The van der Waals surface area contributed by atoms with Gasteiger partial charge in [-0.15, -0.1) is 0 Å². The quantitative estimate of drug-likeness (QED) is 0.275. The number of rotatable bonds is 12. The molecule has 0 radical (unpaired) electrons. The van der Waals surface area contributed by atoms with E-state index in [1.54, 1.807) is 12.2 Å². The van der Waals surface area contributed by atoms with Gasteiger partial charge in [0.1, 0.15) is 0 Å². The lowest BCUT2D eigenvalue weighted by atomic mass is 10.1. The summed E-state index contributed by atoms with van der Waals surface area (Å²) in [5.74, 6) is -0.942. The van der Waals surface area contributed by atoms with Crippen molar-refractivity contribution in [2.75, 3.05) is 0 Å². The lowest BCUT2D eigenvalue weighted by Gasteiger charge is -1.92. The average molecular weight is 312 g/mol. The fourth-order valence-electron chi connectivity index (χ4n) is 1.64. The molecule has 124 valence electrons. The Balaban J connectivity index is 3.74. The van der Waals surface area contributed by atoms with E-state index in [1.807, 2.05) is 48.6 Å². The van der Waals surface area contributed by atoms with Crippen LogP contribution in [0.15, 0.2) is 85.1 Å². The van der Waals surface area contributed by atoms with E-state index in [2.05, 4.69) is 19.1 Å². The Labute approximate surface area is 140 Å². The highest BCUT2D eigenvalue weighted by Crippen LogP contribution is 2.02. The first kappa shape index (κ1) is 20.6. The predicted octanol–water partition coefficient (Wildman–Crippen LogP) is 5.93. The summed E-state index contributed by atoms with van der Waals surface area (Å²) in [6.45, 7) is 2.23. The van der Waals surface area contributed by atoms with Gasteiger partial charge in [0.25, 0.3) is 0 Å². The lowest BCUT2D eigenvalue weighted by molar-refractivity contribution is -0.131. The molecule has 2 heteroatoms. The summed E-state index contributed by atoms with van der Waals surface area (Å²) < 4.78 is 0. The molecule has 0 atom stereocenters. The third kappa shape index (κ3) is 19.6. The molecule has 0 saturated carbocycles. The lowest BCUT2D eigenvalue weighted by Crippen LogP contribution is -1.84. The maximum absolute atomic E-state index is 10.2. The predicted molar refractivity (Wildman–Crippen MR) is 100 cm³/mol. The molecule has 0 heterocycles. The topological polar surface area (TPSA) is 37.3 Å². The Hall–Kier alpha value is -2.35. The van der Waals surface area contributed by atoms with Gasteiger partial charge in [-0.2, -0.15) is 0 Å². The summed E-state index contributed by atoms with van der Waals surface area (Å²) in [5, 5.41) is 8.38. The second kappa shape index (κ2) is 17.7. The van der Waals surface area contributed by atoms with Crippen molar-refractivity contribution in [1.29, 1.82) is 0 Å². The fourth-order valence-corrected chi connectivity index (χ4v) is 1.64. The Kier molecular flexibility index (Phi) is 15.9. The third-order valence-corrected chi connectivity index (χ3v) is 2.82. The highest BCUT2D eigenvalue weighted by atomic mass is 16.4. The van der Waals surface area contributed by atoms with Gasteiger partial charge in [-0.25, -0.2) is 4.79 Å². The van der Waals surface area contributed by atoms with Gasteiger partial charge in [0.2, 0.25) is 0 Å². The van der Waals surface area contributed by atoms with Gasteiger partial charge in [0.15, 0.2) is 0 Å². The van der Waals surface area contributed by atoms with E-state index in [0.717, 1.165) is 12.5 Å². The largest absolute Gasteiger partial charge is 0.478 e. The van der Waals surface area contributed by atoms with Gasteiger partial charge < -0.3 is 5.11 Å². The van der Waals surface area contributed by atoms with Crippen LogP contribution in [0.4, 0.5) is 0 Å². The molecule has 0 aromatic carbocycles. The van der Waals surface area contributed by atoms with E-state index in [4.69, 9.17) is 5.11 Å². The van der Waals surface area contributed by atoms with Gasteiger partial charge in [-0.3, -0.25) is 0 Å². The van der Waals surface area contributed by atoms with Crippen molar-refractivity contribution in [3.05, 3.63) is 85.1 Å². The number of carboxylic acid groups (broad SMARTS) is 1. The number of allylic oxidation sites excluding steroid dienone is 13. The van der Waals surface area contributed by atoms with Crippen LogP contribution < -0.4 is 0 Å². The highest BCUT2D eigenvalue weighted by molar-refractivity contribution is 5.80. The van der Waals surface area contributed by atoms with Crippen LogP contribution in [-0.4, -0.2) is 11.1 Å². The molecule has 0 bridgehead atoms. The molecule has 0 rings (SSSR count). The Morgan fingerprint density at radius 2 is 1.17 bits per heavy atom. The molecule has 0 unspecified atom stereocenters. The van der Waals surface area contributed by atoms with Crippen LogP contribution in [-0.2, 0) is 4.79 Å². The van der Waals surface area contributed by atoms with Crippen LogP contribution in [0.1, 0.15) is 39.0 Å². The minimum Gasteiger partial charge on any atom is -0.478 e. The van der Waals surface area contributed by atoms with Crippen molar-refractivity contribution in [2.45, 2.75) is 39.0 Å². The van der Waals surface area contributed by atoms with Gasteiger partial charge in [0.05, 0.1) is 0 Å². The molecule has 0 spiro atoms. The first-order valence-electron chi connectivity index (χ1n) is 8.17. The second-order valence-corrected chi connectivity index (χ2v) is 4.90. The average Bonchev–Trinajstić information content (AvgIpc) is 2.53. The van der Waals surface area contributed by atoms with Gasteiger partial charge >= 0.3 is 5.97 Å². The van der Waals surface area contributed by atoms with Gasteiger partial charge in [-0.05, 0) is 12.8 Å². The molecule has 0 saturated heterocycles. The number of unbranched alkanes of at least 4 members (excludes halogenated alkanes) is 4. The Bertz CT molecular complexity index is 486. The number of carbonyl (C=O) groups is 1. The van der Waals surface area contributed by atoms with Crippen molar-refractivity contribution in [1.82, 2.24) is 0 Å². The number of hydrogen-bond donors (Lipinski definition) is 1. The number of aliphatic carboxylic acids is 1. The summed E-state index contributed by atoms with van der Waals surface area (Å²) in [6, 6.07) is 0. The van der Waals surface area contributed by atoms with Gasteiger partial charge in [-0.1, -0.05) is 105 Å². The molecule has 23 heavy (non-hydrogen) atoms. The fraction of sp³-hybridized carbons (Fsp3) is 0.286. The number of hydrogen-bond acceptors (Lipinski definition) is 1. The molecule has 0 fully saturated rings. The molecular formula is C21H28O2. The van der Waals surface area contributed by atoms with Crippen molar-refractivity contribution in [3.8, 4) is 0 Å². The van der Waals surface area contributed by atoms with Crippen LogP contribution in [0.2, 0.25) is 0 Å². The molecule has 0 aliphatic carbocycles. The van der Waals surface area contributed by atoms with Crippen molar-refractivity contribution in [2.24, 2.45) is 0 Å². The molecule has 0 aromatic heterocycles. The summed E-state index contributed by atoms with van der Waals surface area (Å²) >= 11 is 0. The van der Waals surface area contributed by atoms with Crippen LogP contribution in [0.25, 0.3) is 0 Å². The minimum absolute atomic E-state index is 0.942. The molecule has 0 aliphatic rings. The summed E-state index contributed by atoms with van der Waals surface area (Å²) in [5.41, 5.74) is 0. The molecule has 0 aliphatic heterocycles. The summed E-state index contributed by atoms with van der Waals surface area (Å²) in [4.78, 5) is 10.2. The molecule has 1 N–H and O–H groups in total. The molecule has 2 nitrogen and oxygen atoms in total. The van der Waals surface area contributed by atoms with Crippen LogP contribution in [0, 0.1) is 0 Å². The highest BCUT2D eigenvalue weighted by Gasteiger charge is 1.82. The summed E-state index contributed by atoms with van der Waals surface area (Å²) in [7, 11) is 0. The van der Waals surface area contributed by atoms with E-state index < -0.39 is 5.97 Å². The SMILES string of the molecule is CCCCCCC=CC=CC=CC=CC=CC=CC=CC(=O)O. The standard InChI is InChI=1S/C21H28O2/c1-2-3-4-5-6-7-8-9-10-11-12-13-14-15-16-17-18-19-20-21(22)23/h7-20H,2-6H2,1H3,(H,22,23). The Morgan fingerprint density at radius 1 is 0.696 bits per heavy atom. The van der Waals surface area contributed by atoms with E-state index in [9.17, 15) is 4.79 Å². The maximum Gasteiger partial charge on any atom is 0.328 e. The maximum atomic E-state index is 10.2. The van der Waals surface area contributed by atoms with Crippen molar-refractivity contribution < 1.29 is 9.90 Å². The van der Waals surface area contributed by atoms with Crippen molar-refractivity contribution in [3.63, 3.8) is 0 Å². The van der Waals surface area contributed by atoms with Gasteiger partial charge in [0, 0.05) is 6.08 Å². The minimum atomic E-state index is -0.942. The van der Waals surface area contributed by atoms with E-state index >= 15 is 0 Å². The van der Waals surface area contributed by atoms with E-state index in [0.29, 0.717) is 0 Å². The van der Waals surface area contributed by atoms with Crippen LogP contribution >= 0.6 is 0 Å². The first-order chi connectivity index (χ1) is 11.3. The zero-order chi connectivity index (χ0) is 17.0. The smallest absolute Gasteiger partial charge is 0.328 e. The third-order valence-electron chi connectivity index (χ3n) is 2.82. The van der Waals surface area contributed by atoms with Crippen molar-refractivity contribution >= 4 is 5.97 Å². The monoisotopic (exact) mass is 312 g/mol. The summed E-state index contributed by atoms with van der Waals surface area (Å²) in [6.07, 6.45) is 32.3. The van der Waals surface area contributed by atoms with E-state index in [1.165, 1.54) is 31.8 Å².